The van der Waals surface area contributed by atoms with Gasteiger partial charge in [0.25, 0.3) is 5.91 Å². The van der Waals surface area contributed by atoms with Crippen LogP contribution in [0.5, 0.6) is 17.4 Å². The van der Waals surface area contributed by atoms with Crippen LogP contribution in [0.25, 0.3) is 22.0 Å². The molecule has 0 radical (unpaired) electrons. The second kappa shape index (κ2) is 18.2. The maximum absolute atomic E-state index is 15.0. The number of allylic oxidation sites excluding steroid dienone is 1. The van der Waals surface area contributed by atoms with Crippen LogP contribution >= 0.6 is 11.6 Å². The van der Waals surface area contributed by atoms with Crippen molar-refractivity contribution in [1.82, 2.24) is 25.2 Å². The lowest BCUT2D eigenvalue weighted by Gasteiger charge is -2.34. The number of ether oxygens (including phenoxy) is 4. The van der Waals surface area contributed by atoms with Crippen LogP contribution in [0.15, 0.2) is 54.6 Å². The Morgan fingerprint density at radius 1 is 1.00 bits per heavy atom. The van der Waals surface area contributed by atoms with Crippen molar-refractivity contribution in [2.24, 2.45) is 17.8 Å². The van der Waals surface area contributed by atoms with Crippen molar-refractivity contribution in [3.63, 3.8) is 0 Å². The average molecular weight is 948 g/mol. The topological polar surface area (TPSA) is 192 Å². The summed E-state index contributed by atoms with van der Waals surface area (Å²) >= 11 is 6.50. The molecular weight excluding hydrogens is 895 g/mol. The van der Waals surface area contributed by atoms with Crippen LogP contribution in [0.4, 0.5) is 18.0 Å². The zero-order chi connectivity index (χ0) is 47.2. The Balaban J connectivity index is 1.27. The number of methoxy groups -OCH3 is 2. The first kappa shape index (κ1) is 47.7. The summed E-state index contributed by atoms with van der Waals surface area (Å²) in [5.41, 5.74) is -3.53. The Labute approximate surface area is 380 Å². The van der Waals surface area contributed by atoms with Gasteiger partial charge in [0, 0.05) is 23.3 Å². The predicted octanol–water partition coefficient (Wildman–Crippen LogP) is 6.85. The van der Waals surface area contributed by atoms with E-state index < -0.39 is 86.4 Å². The number of carbonyl (C=O) groups excluding carboxylic acids is 4. The van der Waals surface area contributed by atoms with Gasteiger partial charge < -0.3 is 34.5 Å². The van der Waals surface area contributed by atoms with Gasteiger partial charge in [0.15, 0.2) is 0 Å². The molecule has 2 aliphatic carbocycles. The highest BCUT2D eigenvalue weighted by Gasteiger charge is 2.62. The number of amides is 4. The molecule has 1 saturated heterocycles. The largest absolute Gasteiger partial charge is 0.497 e. The number of alkyl halides is 3. The second-order valence-electron chi connectivity index (χ2n) is 18.0. The number of halogens is 4. The van der Waals surface area contributed by atoms with Crippen LogP contribution in [-0.4, -0.2) is 104 Å². The number of rotatable bonds is 10. The normalized spacial score (nSPS) is 27.0. The van der Waals surface area contributed by atoms with Crippen LogP contribution in [0.3, 0.4) is 0 Å². The van der Waals surface area contributed by atoms with Gasteiger partial charge in [0.2, 0.25) is 33.3 Å². The fourth-order valence-electron chi connectivity index (χ4n) is 8.50. The van der Waals surface area contributed by atoms with Crippen LogP contribution in [0, 0.1) is 17.8 Å². The lowest BCUT2D eigenvalue weighted by atomic mass is 9.88. The molecule has 0 bridgehead atoms. The summed E-state index contributed by atoms with van der Waals surface area (Å²) in [6.45, 7) is 4.72. The highest BCUT2D eigenvalue weighted by atomic mass is 35.5. The van der Waals surface area contributed by atoms with E-state index in [2.05, 4.69) is 15.4 Å². The van der Waals surface area contributed by atoms with Crippen LogP contribution in [0.1, 0.15) is 72.6 Å². The quantitative estimate of drug-likeness (QED) is 0.180. The van der Waals surface area contributed by atoms with Crippen molar-refractivity contribution >= 4 is 56.2 Å². The number of pyridine rings is 1. The van der Waals surface area contributed by atoms with Crippen molar-refractivity contribution in [3.05, 3.63) is 59.6 Å². The molecule has 15 nitrogen and oxygen atoms in total. The van der Waals surface area contributed by atoms with E-state index in [1.807, 2.05) is 19.1 Å². The maximum Gasteiger partial charge on any atom is 0.427 e. The number of benzene rings is 2. The molecule has 352 valence electrons. The lowest BCUT2D eigenvalue weighted by molar-refractivity contribution is -0.244. The first-order chi connectivity index (χ1) is 30.5. The van der Waals surface area contributed by atoms with Gasteiger partial charge in [-0.3, -0.25) is 19.1 Å². The minimum absolute atomic E-state index is 0.0634. The van der Waals surface area contributed by atoms with Crippen LogP contribution in [-0.2, 0) is 29.1 Å². The molecule has 65 heavy (non-hydrogen) atoms. The van der Waals surface area contributed by atoms with Gasteiger partial charge in [0.1, 0.15) is 35.2 Å². The molecule has 3 heterocycles. The Hall–Kier alpha value is -5.30. The monoisotopic (exact) mass is 947 g/mol. The van der Waals surface area contributed by atoms with Gasteiger partial charge in [-0.2, -0.15) is 13.2 Å². The van der Waals surface area contributed by atoms with Gasteiger partial charge in [-0.1, -0.05) is 37.6 Å². The maximum atomic E-state index is 15.0. The number of hydrogen-bond donors (Lipinski definition) is 3. The zero-order valence-corrected chi connectivity index (χ0v) is 38.4. The molecule has 4 amide bonds. The number of aromatic nitrogens is 1. The number of carbonyl (C=O) groups is 4. The van der Waals surface area contributed by atoms with E-state index >= 15 is 0 Å². The molecule has 7 rings (SSSR count). The van der Waals surface area contributed by atoms with E-state index in [1.165, 1.54) is 19.1 Å². The molecule has 1 unspecified atom stereocenters. The highest BCUT2D eigenvalue weighted by molar-refractivity contribution is 7.91. The summed E-state index contributed by atoms with van der Waals surface area (Å²) in [5, 5.41) is 6.01. The molecule has 3 N–H and O–H groups in total. The van der Waals surface area contributed by atoms with Crippen molar-refractivity contribution in [2.75, 3.05) is 20.8 Å². The molecule has 2 aliphatic heterocycles. The molecule has 3 aromatic rings. The van der Waals surface area contributed by atoms with Gasteiger partial charge in [-0.15, -0.1) is 0 Å². The molecule has 7 atom stereocenters. The summed E-state index contributed by atoms with van der Waals surface area (Å²) in [5.74, 6) is -2.73. The number of nitrogens with one attached hydrogen (secondary N) is 3. The lowest BCUT2D eigenvalue weighted by Crippen LogP contribution is -2.59. The van der Waals surface area contributed by atoms with Crippen LogP contribution in [0.2, 0.25) is 5.02 Å². The fraction of sp³-hybridized carbons (Fsp3) is 0.533. The van der Waals surface area contributed by atoms with E-state index in [-0.39, 0.29) is 31.2 Å². The van der Waals surface area contributed by atoms with E-state index in [9.17, 15) is 40.8 Å². The van der Waals surface area contributed by atoms with Gasteiger partial charge in [-0.05, 0) is 112 Å². The Kier molecular flexibility index (Phi) is 13.3. The van der Waals surface area contributed by atoms with Crippen LogP contribution < -0.4 is 29.6 Å². The number of nitrogens with zero attached hydrogens (tertiary/aromatic N) is 2. The van der Waals surface area contributed by atoms with Crippen molar-refractivity contribution in [3.8, 4) is 28.6 Å². The van der Waals surface area contributed by atoms with Crippen molar-refractivity contribution in [2.45, 2.75) is 113 Å². The SMILES string of the molecule is COc1ccc2c(O[C@@H]3C[C@H]4C(=O)N[C@]5(C(=O)NS(=O)(=O)C6CC6)CC5/C=C\CC[C@H](C)C[C@@H](C)[C@H](NC(=O)OC(C)(C)C(F)(F)F)C(=O)N4C3)nc(-c3ccc(OC)c(Cl)c3)cc2c1. The fourth-order valence-corrected chi connectivity index (χ4v) is 10.1. The van der Waals surface area contributed by atoms with E-state index in [0.29, 0.717) is 84.5 Å². The van der Waals surface area contributed by atoms with Gasteiger partial charge >= 0.3 is 12.3 Å². The van der Waals surface area contributed by atoms with E-state index in [0.717, 1.165) is 0 Å². The first-order valence-electron chi connectivity index (χ1n) is 21.5. The summed E-state index contributed by atoms with van der Waals surface area (Å²) in [6.07, 6.45) is -1.58. The summed E-state index contributed by atoms with van der Waals surface area (Å²) < 4.78 is 92.0. The first-order valence-corrected chi connectivity index (χ1v) is 23.4. The third-order valence-corrected chi connectivity index (χ3v) is 14.8. The van der Waals surface area contributed by atoms with E-state index in [1.54, 1.807) is 49.4 Å². The Morgan fingerprint density at radius 2 is 1.74 bits per heavy atom. The third-order valence-electron chi connectivity index (χ3n) is 12.6. The number of hydrogen-bond acceptors (Lipinski definition) is 11. The number of alkyl carbamates (subject to hydrolysis) is 1. The van der Waals surface area contributed by atoms with Crippen molar-refractivity contribution in [1.29, 1.82) is 0 Å². The molecule has 1 aromatic heterocycles. The minimum Gasteiger partial charge on any atom is -0.497 e. The van der Waals surface area contributed by atoms with Gasteiger partial charge in [-0.25, -0.2) is 18.2 Å². The van der Waals surface area contributed by atoms with Crippen molar-refractivity contribution < 1.29 is 59.7 Å². The second-order valence-corrected chi connectivity index (χ2v) is 20.4. The number of sulfonamides is 1. The third kappa shape index (κ3) is 10.2. The zero-order valence-electron chi connectivity index (χ0n) is 36.8. The summed E-state index contributed by atoms with van der Waals surface area (Å²) in [4.78, 5) is 62.9. The van der Waals surface area contributed by atoms with E-state index in [4.69, 9.17) is 35.5 Å². The number of fused-ring (bicyclic) bond motifs is 3. The molecular formula is C45H53ClF3N5O10S. The molecule has 3 fully saturated rings. The molecule has 4 aliphatic rings. The Bertz CT molecular complexity index is 2500. The summed E-state index contributed by atoms with van der Waals surface area (Å²) in [7, 11) is -1.01. The molecule has 20 heteroatoms. The predicted molar refractivity (Wildman–Crippen MR) is 234 cm³/mol. The molecule has 2 aromatic carbocycles. The summed E-state index contributed by atoms with van der Waals surface area (Å²) in [6, 6.07) is 9.30. The molecule has 0 spiro atoms. The smallest absolute Gasteiger partial charge is 0.427 e. The Morgan fingerprint density at radius 3 is 2.40 bits per heavy atom. The standard InChI is InChI=1S/C45H53ClF3N5O10S/c1-24-9-7-8-10-28-22-44(28,41(57)53-65(59,60)31-13-14-31)52-38(55)35-21-30(23-54(35)40(56)37(25(2)17-24)51-42(58)64-43(3,4)45(47,48)49)63-39-32-15-12-29(61-5)18-27(32)20-34(50-39)26-11-16-36(62-6)33(46)19-26/h8,10-12,15-16,18-20,24-25,28,30-31,35,37H,7,9,13-14,17,21-23H2,1-6H3,(H,51,58)(H,52,55)(H,53,57)/b10-8-/t24-,25+,28?,30+,35-,37-,44+/m0/s1. The average Bonchev–Trinajstić information content (AvgIpc) is 4.17. The van der Waals surface area contributed by atoms with Gasteiger partial charge in [0.05, 0.1) is 36.7 Å². The highest BCUT2D eigenvalue weighted by Crippen LogP contribution is 2.46. The molecule has 2 saturated carbocycles. The minimum atomic E-state index is -4.94.